The summed E-state index contributed by atoms with van der Waals surface area (Å²) in [5, 5.41) is 18.5. The molecule has 4 nitrogen and oxygen atoms in total. The molecule has 0 aliphatic heterocycles. The third kappa shape index (κ3) is 3.50. The molecule has 0 bridgehead atoms. The van der Waals surface area contributed by atoms with Crippen LogP contribution in [0.25, 0.3) is 0 Å². The Morgan fingerprint density at radius 3 is 2.50 bits per heavy atom. The number of fused-ring (bicyclic) bond motifs is 5. The number of aliphatic carboxylic acids is 1. The van der Waals surface area contributed by atoms with Gasteiger partial charge in [-0.15, -0.1) is 0 Å². The predicted octanol–water partition coefficient (Wildman–Crippen LogP) is 6.50. The summed E-state index contributed by atoms with van der Waals surface area (Å²) in [5.74, 6) is 0.856. The van der Waals surface area contributed by atoms with E-state index in [1.807, 2.05) is 0 Å². The van der Waals surface area contributed by atoms with E-state index in [2.05, 4.69) is 53.7 Å². The summed E-state index contributed by atoms with van der Waals surface area (Å²) >= 11 is 0. The molecule has 4 heteroatoms. The fourth-order valence-corrected chi connectivity index (χ4v) is 8.70. The molecular formula is C30H44O4. The van der Waals surface area contributed by atoms with Gasteiger partial charge >= 0.3 is 5.97 Å². The predicted molar refractivity (Wildman–Crippen MR) is 135 cm³/mol. The minimum Gasteiger partial charge on any atom is -0.478 e. The number of aliphatic hydroxyl groups is 1. The van der Waals surface area contributed by atoms with Crippen molar-refractivity contribution in [3.8, 4) is 0 Å². The van der Waals surface area contributed by atoms with Crippen LogP contribution in [0.15, 0.2) is 34.9 Å². The van der Waals surface area contributed by atoms with Crippen LogP contribution < -0.4 is 0 Å². The van der Waals surface area contributed by atoms with Crippen molar-refractivity contribution in [1.29, 1.82) is 0 Å². The first-order valence-corrected chi connectivity index (χ1v) is 13.3. The highest BCUT2D eigenvalue weighted by atomic mass is 16.4. The molecule has 0 heterocycles. The lowest BCUT2D eigenvalue weighted by atomic mass is 9.44. The Morgan fingerprint density at radius 2 is 1.85 bits per heavy atom. The topological polar surface area (TPSA) is 74.6 Å². The molecular weight excluding hydrogens is 424 g/mol. The van der Waals surface area contributed by atoms with Crippen molar-refractivity contribution in [1.82, 2.24) is 0 Å². The van der Waals surface area contributed by atoms with Crippen molar-refractivity contribution >= 4 is 11.8 Å². The van der Waals surface area contributed by atoms with Crippen LogP contribution in [0.5, 0.6) is 0 Å². The molecule has 4 aliphatic rings. The maximum atomic E-state index is 12.8. The number of carboxylic acid groups (broad SMARTS) is 1. The summed E-state index contributed by atoms with van der Waals surface area (Å²) in [6.07, 6.45) is 14.5. The van der Waals surface area contributed by atoms with Crippen molar-refractivity contribution in [3.63, 3.8) is 0 Å². The number of hydrogen-bond acceptors (Lipinski definition) is 3. The van der Waals surface area contributed by atoms with E-state index in [0.717, 1.165) is 25.7 Å². The zero-order valence-electron chi connectivity index (χ0n) is 22.0. The van der Waals surface area contributed by atoms with Crippen LogP contribution in [0.1, 0.15) is 92.9 Å². The number of rotatable bonds is 6. The Bertz CT molecular complexity index is 968. The van der Waals surface area contributed by atoms with Gasteiger partial charge in [0, 0.05) is 11.8 Å². The second kappa shape index (κ2) is 8.47. The fourth-order valence-electron chi connectivity index (χ4n) is 8.70. The smallest absolute Gasteiger partial charge is 0.333 e. The van der Waals surface area contributed by atoms with E-state index in [9.17, 15) is 19.8 Å². The first kappa shape index (κ1) is 25.4. The van der Waals surface area contributed by atoms with E-state index < -0.39 is 12.6 Å². The Labute approximate surface area is 205 Å². The lowest BCUT2D eigenvalue weighted by Crippen LogP contribution is -2.53. The lowest BCUT2D eigenvalue weighted by molar-refractivity contribution is -0.138. The van der Waals surface area contributed by atoms with Gasteiger partial charge < -0.3 is 10.2 Å². The van der Waals surface area contributed by atoms with Gasteiger partial charge in [-0.1, -0.05) is 59.8 Å². The van der Waals surface area contributed by atoms with Crippen LogP contribution in [-0.4, -0.2) is 28.6 Å². The van der Waals surface area contributed by atoms with Gasteiger partial charge in [0.2, 0.25) is 0 Å². The number of ketones is 1. The summed E-state index contributed by atoms with van der Waals surface area (Å²) in [6, 6.07) is 0. The van der Waals surface area contributed by atoms with Crippen molar-refractivity contribution in [2.24, 2.45) is 39.4 Å². The van der Waals surface area contributed by atoms with Crippen LogP contribution in [-0.2, 0) is 9.59 Å². The van der Waals surface area contributed by atoms with E-state index in [0.29, 0.717) is 36.4 Å². The molecule has 6 atom stereocenters. The van der Waals surface area contributed by atoms with E-state index in [4.69, 9.17) is 0 Å². The quantitative estimate of drug-likeness (QED) is 0.436. The van der Waals surface area contributed by atoms with Gasteiger partial charge in [0.15, 0.2) is 0 Å². The zero-order chi connectivity index (χ0) is 25.1. The highest BCUT2D eigenvalue weighted by Crippen LogP contribution is 2.71. The normalized spacial score (nSPS) is 40.0. The maximum Gasteiger partial charge on any atom is 0.333 e. The summed E-state index contributed by atoms with van der Waals surface area (Å²) in [5.41, 5.74) is 3.34. The molecule has 4 rings (SSSR count). The van der Waals surface area contributed by atoms with Crippen molar-refractivity contribution in [2.75, 3.05) is 6.61 Å². The molecule has 2 saturated carbocycles. The Balaban J connectivity index is 1.60. The molecule has 2 N–H and O–H groups in total. The summed E-state index contributed by atoms with van der Waals surface area (Å²) in [4.78, 5) is 24.0. The third-order valence-corrected chi connectivity index (χ3v) is 11.2. The maximum absolute atomic E-state index is 12.8. The number of allylic oxidation sites excluding steroid dienone is 5. The van der Waals surface area contributed by atoms with Crippen LogP contribution in [0, 0.1) is 39.4 Å². The summed E-state index contributed by atoms with van der Waals surface area (Å²) < 4.78 is 0. The zero-order valence-corrected chi connectivity index (χ0v) is 22.0. The summed E-state index contributed by atoms with van der Waals surface area (Å²) in [7, 11) is 0. The molecule has 0 saturated heterocycles. The molecule has 188 valence electrons. The van der Waals surface area contributed by atoms with Gasteiger partial charge in [-0.3, -0.25) is 4.79 Å². The third-order valence-electron chi connectivity index (χ3n) is 11.2. The Kier molecular flexibility index (Phi) is 6.33. The number of aliphatic hydroxyl groups excluding tert-OH is 1. The van der Waals surface area contributed by atoms with E-state index in [-0.39, 0.29) is 27.2 Å². The largest absolute Gasteiger partial charge is 0.478 e. The van der Waals surface area contributed by atoms with Crippen molar-refractivity contribution < 1.29 is 19.8 Å². The van der Waals surface area contributed by atoms with Crippen molar-refractivity contribution in [2.45, 2.75) is 92.9 Å². The average Bonchev–Trinajstić information content (AvgIpc) is 3.05. The fraction of sp³-hybridized carbons (Fsp3) is 0.733. The Morgan fingerprint density at radius 1 is 1.15 bits per heavy atom. The number of carbonyl (C=O) groups is 2. The standard InChI is InChI=1S/C30H44O4/c1-19(8-7-9-20(18-31)26(33)34)21-12-16-30(6)23-10-11-24-27(2,3)25(32)14-15-28(24,4)22(23)13-17-29(21,30)5/h9-10,13,19,21,24,31H,7-8,11-12,14-18H2,1-6H3,(H,33,34)/b20-9-/t19-,21-,24+,28-,29-,30+/m1/s1. The highest BCUT2D eigenvalue weighted by Gasteiger charge is 2.63. The Hall–Kier alpha value is -1.68. The van der Waals surface area contributed by atoms with Crippen LogP contribution in [0.2, 0.25) is 0 Å². The van der Waals surface area contributed by atoms with Crippen LogP contribution >= 0.6 is 0 Å². The van der Waals surface area contributed by atoms with Gasteiger partial charge in [0.05, 0.1) is 12.2 Å². The van der Waals surface area contributed by atoms with E-state index >= 15 is 0 Å². The van der Waals surface area contributed by atoms with Crippen LogP contribution in [0.3, 0.4) is 0 Å². The van der Waals surface area contributed by atoms with Crippen molar-refractivity contribution in [3.05, 3.63) is 34.9 Å². The monoisotopic (exact) mass is 468 g/mol. The molecule has 0 aromatic carbocycles. The second-order valence-electron chi connectivity index (χ2n) is 12.9. The molecule has 0 aromatic rings. The van der Waals surface area contributed by atoms with Gasteiger partial charge in [0.1, 0.15) is 5.78 Å². The van der Waals surface area contributed by atoms with Gasteiger partial charge in [-0.05, 0) is 90.1 Å². The molecule has 0 radical (unpaired) electrons. The number of carbonyl (C=O) groups excluding carboxylic acids is 1. The minimum absolute atomic E-state index is 0.0812. The highest BCUT2D eigenvalue weighted by molar-refractivity contribution is 5.87. The lowest BCUT2D eigenvalue weighted by Gasteiger charge is -2.59. The van der Waals surface area contributed by atoms with E-state index in [1.165, 1.54) is 18.4 Å². The first-order valence-electron chi connectivity index (χ1n) is 13.3. The molecule has 0 aromatic heterocycles. The molecule has 0 amide bonds. The average molecular weight is 469 g/mol. The molecule has 2 fully saturated rings. The second-order valence-corrected chi connectivity index (χ2v) is 12.9. The number of carboxylic acids is 1. The van der Waals surface area contributed by atoms with E-state index in [1.54, 1.807) is 11.6 Å². The van der Waals surface area contributed by atoms with Gasteiger partial charge in [-0.25, -0.2) is 4.79 Å². The van der Waals surface area contributed by atoms with Crippen LogP contribution in [0.4, 0.5) is 0 Å². The molecule has 34 heavy (non-hydrogen) atoms. The van der Waals surface area contributed by atoms with Gasteiger partial charge in [0.25, 0.3) is 0 Å². The summed E-state index contributed by atoms with van der Waals surface area (Å²) in [6.45, 7) is 13.7. The first-order chi connectivity index (χ1) is 15.8. The minimum atomic E-state index is -1.02. The molecule has 0 spiro atoms. The molecule has 4 aliphatic carbocycles. The SMILES string of the molecule is C[C@H](CC/C=C(/CO)C(=O)O)[C@H]1CC[C@@]2(C)C3=CC[C@H]4C(C)(C)C(=O)CC[C@]4(C)C3=CC[C@]12C. The molecule has 0 unspecified atom stereocenters. The number of Topliss-reactive ketones (excluding diaryl/α,β-unsaturated/α-hetero) is 1. The number of hydrogen-bond donors (Lipinski definition) is 2. The van der Waals surface area contributed by atoms with Gasteiger partial charge in [-0.2, -0.15) is 0 Å².